The Bertz CT molecular complexity index is 632. The highest BCUT2D eigenvalue weighted by molar-refractivity contribution is 7.09. The van der Waals surface area contributed by atoms with Crippen molar-refractivity contribution in [1.82, 2.24) is 10.3 Å². The second-order valence-corrected chi connectivity index (χ2v) is 5.76. The van der Waals surface area contributed by atoms with Crippen molar-refractivity contribution >= 4 is 23.0 Å². The lowest BCUT2D eigenvalue weighted by molar-refractivity contribution is 0.856. The molecule has 0 radical (unpaired) electrons. The van der Waals surface area contributed by atoms with Crippen molar-refractivity contribution in [3.05, 3.63) is 45.9 Å². The summed E-state index contributed by atoms with van der Waals surface area (Å²) < 4.78 is 0. The van der Waals surface area contributed by atoms with Crippen molar-refractivity contribution in [1.29, 1.82) is 0 Å². The quantitative estimate of drug-likeness (QED) is 0.681. The van der Waals surface area contributed by atoms with Crippen LogP contribution in [0.15, 0.2) is 34.6 Å². The highest BCUT2D eigenvalue weighted by Gasteiger charge is 2.22. The minimum absolute atomic E-state index is 0.726. The van der Waals surface area contributed by atoms with Gasteiger partial charge in [0.05, 0.1) is 6.54 Å². The first kappa shape index (κ1) is 13.1. The maximum Gasteiger partial charge on any atom is 0.198 e. The van der Waals surface area contributed by atoms with Gasteiger partial charge in [-0.1, -0.05) is 18.2 Å². The second-order valence-electron chi connectivity index (χ2n) is 4.81. The van der Waals surface area contributed by atoms with Crippen LogP contribution in [0.2, 0.25) is 0 Å². The number of guanidine groups is 1. The minimum atomic E-state index is 0.726. The maximum atomic E-state index is 4.47. The van der Waals surface area contributed by atoms with E-state index in [0.717, 1.165) is 36.2 Å². The molecule has 104 valence electrons. The van der Waals surface area contributed by atoms with E-state index in [1.165, 1.54) is 11.3 Å². The largest absolute Gasteiger partial charge is 0.349 e. The van der Waals surface area contributed by atoms with Crippen LogP contribution in [0.3, 0.4) is 0 Å². The van der Waals surface area contributed by atoms with Crippen LogP contribution < -0.4 is 10.2 Å². The number of nitrogens with one attached hydrogen (secondary N) is 1. The first-order valence-electron chi connectivity index (χ1n) is 6.75. The molecule has 5 heteroatoms. The molecule has 1 aromatic carbocycles. The average molecular weight is 286 g/mol. The van der Waals surface area contributed by atoms with Crippen LogP contribution in [0.5, 0.6) is 0 Å². The van der Waals surface area contributed by atoms with E-state index < -0.39 is 0 Å². The summed E-state index contributed by atoms with van der Waals surface area (Å²) in [7, 11) is 1.83. The first-order valence-corrected chi connectivity index (χ1v) is 7.63. The van der Waals surface area contributed by atoms with Crippen LogP contribution in [0.1, 0.15) is 16.3 Å². The van der Waals surface area contributed by atoms with Gasteiger partial charge in [-0.05, 0) is 25.0 Å². The average Bonchev–Trinajstić information content (AvgIpc) is 3.07. The predicted octanol–water partition coefficient (Wildman–Crippen LogP) is 2.59. The van der Waals surface area contributed by atoms with Crippen molar-refractivity contribution in [2.24, 2.45) is 4.99 Å². The molecule has 0 saturated carbocycles. The van der Waals surface area contributed by atoms with E-state index in [2.05, 4.69) is 49.8 Å². The molecule has 0 aliphatic carbocycles. The molecule has 0 atom stereocenters. The summed E-state index contributed by atoms with van der Waals surface area (Å²) in [6.07, 6.45) is 1.08. The summed E-state index contributed by atoms with van der Waals surface area (Å²) in [5.41, 5.74) is 3.73. The number of aryl methyl sites for hydroxylation is 1. The highest BCUT2D eigenvalue weighted by atomic mass is 32.1. The molecule has 3 rings (SSSR count). The number of hydrogen-bond donors (Lipinski definition) is 1. The molecular formula is C15H18N4S. The van der Waals surface area contributed by atoms with Crippen molar-refractivity contribution in [3.63, 3.8) is 0 Å². The Hall–Kier alpha value is -1.88. The van der Waals surface area contributed by atoms with E-state index in [4.69, 9.17) is 0 Å². The second kappa shape index (κ2) is 5.63. The standard InChI is InChI=1S/C15H18N4S/c1-11-10-20-14(18-11)9-17-15(16-2)19-8-7-12-5-3-4-6-13(12)19/h3-6,10H,7-9H2,1-2H3,(H,16,17). The maximum absolute atomic E-state index is 4.47. The molecule has 2 aromatic rings. The Morgan fingerprint density at radius 1 is 1.45 bits per heavy atom. The predicted molar refractivity (Wildman–Crippen MR) is 84.5 cm³/mol. The Balaban J connectivity index is 1.72. The molecule has 1 N–H and O–H groups in total. The molecule has 0 unspecified atom stereocenters. The molecule has 1 aromatic heterocycles. The van der Waals surface area contributed by atoms with Crippen LogP contribution in [0, 0.1) is 6.92 Å². The number of aliphatic imine (C=N–C) groups is 1. The molecular weight excluding hydrogens is 268 g/mol. The number of thiazole rings is 1. The van der Waals surface area contributed by atoms with Crippen LogP contribution in [0.25, 0.3) is 0 Å². The van der Waals surface area contributed by atoms with Gasteiger partial charge in [-0.2, -0.15) is 0 Å². The van der Waals surface area contributed by atoms with Gasteiger partial charge in [0.2, 0.25) is 0 Å². The third kappa shape index (κ3) is 2.54. The number of benzene rings is 1. The van der Waals surface area contributed by atoms with Gasteiger partial charge >= 0.3 is 0 Å². The van der Waals surface area contributed by atoms with Crippen LogP contribution in [-0.4, -0.2) is 24.5 Å². The van der Waals surface area contributed by atoms with E-state index in [1.54, 1.807) is 11.3 Å². The lowest BCUT2D eigenvalue weighted by Gasteiger charge is -2.21. The fourth-order valence-corrected chi connectivity index (χ4v) is 3.20. The van der Waals surface area contributed by atoms with E-state index in [1.807, 2.05) is 14.0 Å². The van der Waals surface area contributed by atoms with Gasteiger partial charge in [0.25, 0.3) is 0 Å². The summed E-state index contributed by atoms with van der Waals surface area (Å²) in [6.45, 7) is 3.73. The zero-order valence-corrected chi connectivity index (χ0v) is 12.6. The lowest BCUT2D eigenvalue weighted by atomic mass is 10.2. The fraction of sp³-hybridized carbons (Fsp3) is 0.333. The molecule has 0 saturated heterocycles. The SMILES string of the molecule is CN=C(NCc1nc(C)cs1)N1CCc2ccccc21. The molecule has 0 amide bonds. The lowest BCUT2D eigenvalue weighted by Crippen LogP contribution is -2.40. The van der Waals surface area contributed by atoms with Crippen LogP contribution in [-0.2, 0) is 13.0 Å². The molecule has 1 aliphatic rings. The summed E-state index contributed by atoms with van der Waals surface area (Å²) in [5.74, 6) is 0.919. The van der Waals surface area contributed by atoms with Crippen molar-refractivity contribution in [2.75, 3.05) is 18.5 Å². The minimum Gasteiger partial charge on any atom is -0.349 e. The number of anilines is 1. The fourth-order valence-electron chi connectivity index (χ4n) is 2.49. The van der Waals surface area contributed by atoms with Crippen LogP contribution >= 0.6 is 11.3 Å². The van der Waals surface area contributed by atoms with Gasteiger partial charge in [0.1, 0.15) is 5.01 Å². The van der Waals surface area contributed by atoms with Crippen molar-refractivity contribution in [2.45, 2.75) is 19.9 Å². The van der Waals surface area contributed by atoms with Gasteiger partial charge in [-0.25, -0.2) is 4.98 Å². The normalized spacial score (nSPS) is 14.5. The number of aromatic nitrogens is 1. The Morgan fingerprint density at radius 2 is 2.30 bits per heavy atom. The topological polar surface area (TPSA) is 40.5 Å². The summed E-state index contributed by atoms with van der Waals surface area (Å²) >= 11 is 1.68. The number of fused-ring (bicyclic) bond motifs is 1. The number of para-hydroxylation sites is 1. The van der Waals surface area contributed by atoms with E-state index in [9.17, 15) is 0 Å². The molecule has 1 aliphatic heterocycles. The first-order chi connectivity index (χ1) is 9.78. The summed E-state index contributed by atoms with van der Waals surface area (Å²) in [4.78, 5) is 11.1. The molecule has 20 heavy (non-hydrogen) atoms. The molecule has 2 heterocycles. The molecule has 0 fully saturated rings. The van der Waals surface area contributed by atoms with Gasteiger partial charge in [0.15, 0.2) is 5.96 Å². The zero-order valence-electron chi connectivity index (χ0n) is 11.8. The number of nitrogens with zero attached hydrogens (tertiary/aromatic N) is 3. The van der Waals surface area contributed by atoms with Gasteiger partial charge < -0.3 is 10.2 Å². The smallest absolute Gasteiger partial charge is 0.198 e. The zero-order chi connectivity index (χ0) is 13.9. The molecule has 0 bridgehead atoms. The Labute approximate surface area is 123 Å². The third-order valence-electron chi connectivity index (χ3n) is 3.42. The van der Waals surface area contributed by atoms with Crippen LogP contribution in [0.4, 0.5) is 5.69 Å². The van der Waals surface area contributed by atoms with Gasteiger partial charge in [-0.15, -0.1) is 11.3 Å². The highest BCUT2D eigenvalue weighted by Crippen LogP contribution is 2.27. The summed E-state index contributed by atoms with van der Waals surface area (Å²) in [5, 5.41) is 6.57. The van der Waals surface area contributed by atoms with Gasteiger partial charge in [-0.3, -0.25) is 4.99 Å². The molecule has 0 spiro atoms. The number of hydrogen-bond acceptors (Lipinski definition) is 3. The van der Waals surface area contributed by atoms with Crippen molar-refractivity contribution < 1.29 is 0 Å². The van der Waals surface area contributed by atoms with E-state index in [0.29, 0.717) is 0 Å². The Morgan fingerprint density at radius 3 is 3.05 bits per heavy atom. The van der Waals surface area contributed by atoms with Crippen molar-refractivity contribution in [3.8, 4) is 0 Å². The molecule has 4 nitrogen and oxygen atoms in total. The van der Waals surface area contributed by atoms with E-state index in [-0.39, 0.29) is 0 Å². The van der Waals surface area contributed by atoms with Gasteiger partial charge in [0, 0.05) is 30.4 Å². The monoisotopic (exact) mass is 286 g/mol. The number of rotatable bonds is 2. The van der Waals surface area contributed by atoms with E-state index >= 15 is 0 Å². The summed E-state index contributed by atoms with van der Waals surface area (Å²) in [6, 6.07) is 8.51. The third-order valence-corrected chi connectivity index (χ3v) is 4.39. The Kier molecular flexibility index (Phi) is 3.69.